The van der Waals surface area contributed by atoms with E-state index in [0.717, 1.165) is 5.01 Å². The first kappa shape index (κ1) is 13.1. The van der Waals surface area contributed by atoms with Gasteiger partial charge in [-0.05, 0) is 13.8 Å². The van der Waals surface area contributed by atoms with Crippen LogP contribution in [-0.2, 0) is 6.54 Å². The molecule has 0 aliphatic heterocycles. The van der Waals surface area contributed by atoms with Crippen molar-refractivity contribution in [1.29, 1.82) is 0 Å². The van der Waals surface area contributed by atoms with Crippen molar-refractivity contribution in [2.45, 2.75) is 25.9 Å². The number of thiazole rings is 1. The highest BCUT2D eigenvalue weighted by atomic mass is 32.1. The van der Waals surface area contributed by atoms with Crippen LogP contribution >= 0.6 is 11.3 Å². The molecule has 0 aromatic carbocycles. The number of carbonyl (C=O) groups is 1. The van der Waals surface area contributed by atoms with Crippen LogP contribution in [0, 0.1) is 0 Å². The van der Waals surface area contributed by atoms with E-state index < -0.39 is 5.54 Å². The fourth-order valence-electron chi connectivity index (χ4n) is 1.06. The number of hydrogen-bond donors (Lipinski definition) is 2. The molecule has 0 atom stereocenters. The van der Waals surface area contributed by atoms with E-state index in [0.29, 0.717) is 12.2 Å². The number of nitrogens with two attached hydrogens (primary N) is 1. The van der Waals surface area contributed by atoms with Crippen LogP contribution in [0.3, 0.4) is 0 Å². The monoisotopic (exact) mass is 243 g/mol. The zero-order valence-electron chi connectivity index (χ0n) is 9.73. The number of amides is 1. The fourth-order valence-corrected chi connectivity index (χ4v) is 1.70. The fraction of sp³-hybridized carbons (Fsp3) is 0.600. The minimum atomic E-state index is -0.594. The molecule has 1 amide bonds. The summed E-state index contributed by atoms with van der Waals surface area (Å²) in [4.78, 5) is 17.6. The molecule has 5 nitrogen and oxygen atoms in total. The summed E-state index contributed by atoms with van der Waals surface area (Å²) in [5, 5.41) is 11.6. The molecule has 16 heavy (non-hydrogen) atoms. The number of hydrogen-bond acceptors (Lipinski definition) is 5. The summed E-state index contributed by atoms with van der Waals surface area (Å²) >= 11 is 1.37. The highest BCUT2D eigenvalue weighted by Crippen LogP contribution is 2.17. The number of likely N-dealkylation sites (N-methyl/N-ethyl adjacent to an activating group) is 1. The van der Waals surface area contributed by atoms with Gasteiger partial charge in [0.1, 0.15) is 10.7 Å². The van der Waals surface area contributed by atoms with Crippen LogP contribution in [0.4, 0.5) is 0 Å². The summed E-state index contributed by atoms with van der Waals surface area (Å²) in [7, 11) is 1.65. The number of aliphatic hydroxyl groups excluding tert-OH is 1. The third-order valence-corrected chi connectivity index (χ3v) is 3.42. The Balaban J connectivity index is 2.85. The summed E-state index contributed by atoms with van der Waals surface area (Å²) in [5.41, 5.74) is 5.22. The molecule has 0 radical (unpaired) electrons. The molecule has 1 aromatic heterocycles. The molecule has 0 bridgehead atoms. The Kier molecular flexibility index (Phi) is 4.01. The Hall–Kier alpha value is -0.980. The van der Waals surface area contributed by atoms with Gasteiger partial charge in [-0.1, -0.05) is 0 Å². The molecule has 0 saturated heterocycles. The second-order valence-electron chi connectivity index (χ2n) is 4.17. The molecule has 0 spiro atoms. The first-order chi connectivity index (χ1) is 7.42. The average molecular weight is 243 g/mol. The smallest absolute Gasteiger partial charge is 0.273 e. The average Bonchev–Trinajstić information content (AvgIpc) is 2.75. The summed E-state index contributed by atoms with van der Waals surface area (Å²) in [6.07, 6.45) is 0. The number of carbonyl (C=O) groups excluding carboxylic acids is 1. The Morgan fingerprint density at radius 1 is 1.69 bits per heavy atom. The highest BCUT2D eigenvalue weighted by molar-refractivity contribution is 7.09. The van der Waals surface area contributed by atoms with Gasteiger partial charge in [-0.3, -0.25) is 4.79 Å². The first-order valence-corrected chi connectivity index (χ1v) is 5.84. The summed E-state index contributed by atoms with van der Waals surface area (Å²) in [6.45, 7) is 3.83. The Morgan fingerprint density at radius 2 is 2.31 bits per heavy atom. The van der Waals surface area contributed by atoms with Gasteiger partial charge in [0.05, 0.1) is 12.1 Å². The molecular weight excluding hydrogens is 226 g/mol. The van der Waals surface area contributed by atoms with Crippen molar-refractivity contribution in [3.63, 3.8) is 0 Å². The van der Waals surface area contributed by atoms with Gasteiger partial charge in [-0.2, -0.15) is 0 Å². The van der Waals surface area contributed by atoms with Gasteiger partial charge < -0.3 is 15.7 Å². The third-order valence-electron chi connectivity index (χ3n) is 2.55. The molecule has 6 heteroatoms. The maximum atomic E-state index is 12.0. The Labute approximate surface area is 98.9 Å². The lowest BCUT2D eigenvalue weighted by atomic mass is 10.1. The van der Waals surface area contributed by atoms with Crippen molar-refractivity contribution in [2.75, 3.05) is 13.7 Å². The van der Waals surface area contributed by atoms with Gasteiger partial charge >= 0.3 is 0 Å². The van der Waals surface area contributed by atoms with Crippen molar-refractivity contribution in [1.82, 2.24) is 9.88 Å². The van der Waals surface area contributed by atoms with E-state index in [2.05, 4.69) is 4.98 Å². The number of aliphatic hydroxyl groups is 1. The van der Waals surface area contributed by atoms with E-state index in [9.17, 15) is 9.90 Å². The molecule has 1 heterocycles. The standard InChI is InChI=1S/C10H17N3O2S/c1-10(2,6-14)13(3)9(15)7-5-16-8(4-11)12-7/h5,14H,4,6,11H2,1-3H3. The minimum absolute atomic E-state index is 0.0941. The quantitative estimate of drug-likeness (QED) is 0.804. The molecule has 0 aliphatic carbocycles. The second-order valence-corrected chi connectivity index (χ2v) is 5.11. The van der Waals surface area contributed by atoms with Crippen molar-refractivity contribution in [3.8, 4) is 0 Å². The van der Waals surface area contributed by atoms with E-state index in [1.165, 1.54) is 16.2 Å². The number of rotatable bonds is 4. The van der Waals surface area contributed by atoms with Crippen LogP contribution in [0.15, 0.2) is 5.38 Å². The number of aromatic nitrogens is 1. The lowest BCUT2D eigenvalue weighted by molar-refractivity contribution is 0.0468. The predicted octanol–water partition coefficient (Wildman–Crippen LogP) is 0.445. The molecule has 0 saturated carbocycles. The van der Waals surface area contributed by atoms with E-state index in [1.807, 2.05) is 0 Å². The van der Waals surface area contributed by atoms with Crippen LogP contribution in [0.2, 0.25) is 0 Å². The largest absolute Gasteiger partial charge is 0.394 e. The lowest BCUT2D eigenvalue weighted by Crippen LogP contribution is -2.47. The molecule has 3 N–H and O–H groups in total. The first-order valence-electron chi connectivity index (χ1n) is 4.96. The van der Waals surface area contributed by atoms with E-state index in [1.54, 1.807) is 26.3 Å². The SMILES string of the molecule is CN(C(=O)c1csc(CN)n1)C(C)(C)CO. The zero-order valence-corrected chi connectivity index (χ0v) is 10.5. The molecule has 90 valence electrons. The summed E-state index contributed by atoms with van der Waals surface area (Å²) in [5.74, 6) is -0.199. The highest BCUT2D eigenvalue weighted by Gasteiger charge is 2.28. The summed E-state index contributed by atoms with van der Waals surface area (Å²) in [6, 6.07) is 0. The van der Waals surface area contributed by atoms with Gasteiger partial charge in [-0.15, -0.1) is 11.3 Å². The normalized spacial score (nSPS) is 11.6. The van der Waals surface area contributed by atoms with E-state index in [-0.39, 0.29) is 12.5 Å². The van der Waals surface area contributed by atoms with Crippen LogP contribution in [-0.4, -0.2) is 40.1 Å². The molecule has 0 fully saturated rings. The lowest BCUT2D eigenvalue weighted by Gasteiger charge is -2.33. The van der Waals surface area contributed by atoms with Crippen molar-refractivity contribution in [3.05, 3.63) is 16.1 Å². The van der Waals surface area contributed by atoms with Gasteiger partial charge in [-0.25, -0.2) is 4.98 Å². The van der Waals surface area contributed by atoms with Gasteiger partial charge in [0.25, 0.3) is 5.91 Å². The van der Waals surface area contributed by atoms with Crippen molar-refractivity contribution >= 4 is 17.2 Å². The van der Waals surface area contributed by atoms with Crippen LogP contribution in [0.5, 0.6) is 0 Å². The van der Waals surface area contributed by atoms with E-state index >= 15 is 0 Å². The topological polar surface area (TPSA) is 79.5 Å². The Bertz CT molecular complexity index is 376. The molecular formula is C10H17N3O2S. The van der Waals surface area contributed by atoms with Crippen LogP contribution in [0.1, 0.15) is 29.3 Å². The predicted molar refractivity (Wildman–Crippen MR) is 63.3 cm³/mol. The Morgan fingerprint density at radius 3 is 2.75 bits per heavy atom. The second kappa shape index (κ2) is 4.90. The van der Waals surface area contributed by atoms with E-state index in [4.69, 9.17) is 5.73 Å². The van der Waals surface area contributed by atoms with Gasteiger partial charge in [0, 0.05) is 19.0 Å². The van der Waals surface area contributed by atoms with Crippen LogP contribution in [0.25, 0.3) is 0 Å². The van der Waals surface area contributed by atoms with Gasteiger partial charge in [0.2, 0.25) is 0 Å². The van der Waals surface area contributed by atoms with Crippen molar-refractivity contribution in [2.24, 2.45) is 5.73 Å². The maximum Gasteiger partial charge on any atom is 0.273 e. The number of nitrogens with zero attached hydrogens (tertiary/aromatic N) is 2. The summed E-state index contributed by atoms with van der Waals surface area (Å²) < 4.78 is 0. The van der Waals surface area contributed by atoms with Gasteiger partial charge in [0.15, 0.2) is 0 Å². The molecule has 1 rings (SSSR count). The minimum Gasteiger partial charge on any atom is -0.394 e. The third kappa shape index (κ3) is 2.58. The van der Waals surface area contributed by atoms with Crippen LogP contribution < -0.4 is 5.73 Å². The maximum absolute atomic E-state index is 12.0. The molecule has 0 aliphatic rings. The van der Waals surface area contributed by atoms with Crippen molar-refractivity contribution < 1.29 is 9.90 Å². The molecule has 1 aromatic rings. The zero-order chi connectivity index (χ0) is 12.3. The molecule has 0 unspecified atom stereocenters.